The van der Waals surface area contributed by atoms with Crippen LogP contribution in [0, 0.1) is 0 Å². The van der Waals surface area contributed by atoms with Crippen LogP contribution >= 0.6 is 0 Å². The minimum Gasteiger partial charge on any atom is -0.459 e. The van der Waals surface area contributed by atoms with Gasteiger partial charge < -0.3 is 9.84 Å². The number of aliphatic hydroxyl groups is 1. The van der Waals surface area contributed by atoms with Gasteiger partial charge >= 0.3 is 5.97 Å². The van der Waals surface area contributed by atoms with E-state index in [1.807, 2.05) is 18.2 Å². The summed E-state index contributed by atoms with van der Waals surface area (Å²) in [5.41, 5.74) is -0.678. The quantitative estimate of drug-likeness (QED) is 0.428. The summed E-state index contributed by atoms with van der Waals surface area (Å²) in [6, 6.07) is 18.1. The number of rotatable bonds is 10. The second-order valence-corrected chi connectivity index (χ2v) is 16.3. The minimum absolute atomic E-state index is 0.0204. The lowest BCUT2D eigenvalue weighted by molar-refractivity contribution is -0.156. The zero-order valence-electron chi connectivity index (χ0n) is 18.0. The molecule has 0 saturated carbocycles. The lowest BCUT2D eigenvalue weighted by atomic mass is 9.90. The van der Waals surface area contributed by atoms with Gasteiger partial charge in [-0.15, -0.1) is 0 Å². The summed E-state index contributed by atoms with van der Waals surface area (Å²) in [4.78, 5) is 13.0. The SMILES string of the molecule is C[C@@](NS(=O)(=O)CC[Si](C)(C)C)(C(=O)OCc1ccccc1)[C@@H](O)c1ccccc1. The molecule has 0 amide bonds. The van der Waals surface area contributed by atoms with Crippen LogP contribution in [0.1, 0.15) is 24.2 Å². The molecule has 2 N–H and O–H groups in total. The summed E-state index contributed by atoms with van der Waals surface area (Å²) in [7, 11) is -5.45. The molecule has 0 aliphatic rings. The van der Waals surface area contributed by atoms with E-state index in [-0.39, 0.29) is 12.4 Å². The molecule has 2 aromatic rings. The molecule has 164 valence electrons. The molecule has 0 spiro atoms. The maximum Gasteiger partial charge on any atom is 0.330 e. The van der Waals surface area contributed by atoms with Gasteiger partial charge in [0.15, 0.2) is 5.54 Å². The van der Waals surface area contributed by atoms with E-state index < -0.39 is 35.7 Å². The van der Waals surface area contributed by atoms with Gasteiger partial charge in [0.25, 0.3) is 0 Å². The molecule has 2 atom stereocenters. The maximum absolute atomic E-state index is 13.0. The van der Waals surface area contributed by atoms with Crippen molar-refractivity contribution in [2.45, 2.75) is 50.9 Å². The monoisotopic (exact) mass is 449 g/mol. The number of nitrogens with one attached hydrogen (secondary N) is 1. The summed E-state index contributed by atoms with van der Waals surface area (Å²) in [6.45, 7) is 7.58. The Labute approximate surface area is 180 Å². The zero-order valence-corrected chi connectivity index (χ0v) is 19.8. The topological polar surface area (TPSA) is 92.7 Å². The van der Waals surface area contributed by atoms with Gasteiger partial charge in [0, 0.05) is 8.07 Å². The third-order valence-corrected chi connectivity index (χ3v) is 8.38. The highest BCUT2D eigenvalue weighted by Gasteiger charge is 2.46. The Kier molecular flexibility index (Phi) is 7.98. The molecule has 0 unspecified atom stereocenters. The van der Waals surface area contributed by atoms with Crippen molar-refractivity contribution >= 4 is 24.1 Å². The fourth-order valence-corrected chi connectivity index (χ4v) is 7.33. The first kappa shape index (κ1) is 24.3. The standard InChI is InChI=1S/C22H31NO5SSi/c1-22(20(24)19-13-9-6-10-14-19,23-29(26,27)15-16-30(2,3)4)21(25)28-17-18-11-7-5-8-12-18/h5-14,20,23-24H,15-17H2,1-4H3/t20-,22-/m0/s1. The molecule has 30 heavy (non-hydrogen) atoms. The molecule has 0 saturated heterocycles. The predicted octanol–water partition coefficient (Wildman–Crippen LogP) is 3.48. The summed E-state index contributed by atoms with van der Waals surface area (Å²) in [6.07, 6.45) is -1.41. The third kappa shape index (κ3) is 7.05. The molecule has 0 fully saturated rings. The van der Waals surface area contributed by atoms with Gasteiger partial charge in [0.1, 0.15) is 12.7 Å². The molecule has 0 bridgehead atoms. The van der Waals surface area contributed by atoms with E-state index in [0.717, 1.165) is 5.56 Å². The smallest absolute Gasteiger partial charge is 0.330 e. The number of benzene rings is 2. The number of hydrogen-bond acceptors (Lipinski definition) is 5. The zero-order chi connectivity index (χ0) is 22.4. The maximum atomic E-state index is 13.0. The Morgan fingerprint density at radius 3 is 2.13 bits per heavy atom. The summed E-state index contributed by atoms with van der Waals surface area (Å²) in [5, 5.41) is 11.0. The van der Waals surface area contributed by atoms with Crippen LogP contribution in [0.2, 0.25) is 25.7 Å². The molecule has 0 aliphatic carbocycles. The highest BCUT2D eigenvalue weighted by atomic mass is 32.2. The average molecular weight is 450 g/mol. The normalized spacial score (nSPS) is 15.2. The van der Waals surface area contributed by atoms with E-state index in [0.29, 0.717) is 11.6 Å². The van der Waals surface area contributed by atoms with Crippen molar-refractivity contribution in [3.63, 3.8) is 0 Å². The van der Waals surface area contributed by atoms with Gasteiger partial charge in [-0.2, -0.15) is 4.72 Å². The first-order valence-corrected chi connectivity index (χ1v) is 15.2. The van der Waals surface area contributed by atoms with Crippen LogP contribution in [-0.2, 0) is 26.2 Å². The Morgan fingerprint density at radius 2 is 1.60 bits per heavy atom. The van der Waals surface area contributed by atoms with Crippen LogP contribution in [0.3, 0.4) is 0 Å². The summed E-state index contributed by atoms with van der Waals surface area (Å²) < 4.78 is 33.5. The second-order valence-electron chi connectivity index (χ2n) is 8.81. The van der Waals surface area contributed by atoms with Crippen molar-refractivity contribution in [3.05, 3.63) is 71.8 Å². The fraction of sp³-hybridized carbons (Fsp3) is 0.409. The van der Waals surface area contributed by atoms with E-state index in [1.165, 1.54) is 6.92 Å². The van der Waals surface area contributed by atoms with Crippen LogP contribution in [0.25, 0.3) is 0 Å². The molecule has 2 rings (SSSR count). The van der Waals surface area contributed by atoms with Crippen molar-refractivity contribution in [2.75, 3.05) is 5.75 Å². The summed E-state index contributed by atoms with van der Waals surface area (Å²) in [5.74, 6) is -0.939. The molecule has 0 radical (unpaired) electrons. The van der Waals surface area contributed by atoms with Gasteiger partial charge in [-0.1, -0.05) is 80.3 Å². The average Bonchev–Trinajstić information content (AvgIpc) is 2.70. The van der Waals surface area contributed by atoms with Crippen LogP contribution in [-0.4, -0.2) is 38.9 Å². The molecule has 8 heteroatoms. The van der Waals surface area contributed by atoms with Crippen LogP contribution in [0.5, 0.6) is 0 Å². The van der Waals surface area contributed by atoms with Gasteiger partial charge in [-0.25, -0.2) is 13.2 Å². The number of ether oxygens (including phenoxy) is 1. The number of carbonyl (C=O) groups is 1. The van der Waals surface area contributed by atoms with E-state index in [9.17, 15) is 18.3 Å². The van der Waals surface area contributed by atoms with E-state index in [2.05, 4.69) is 24.4 Å². The number of hydrogen-bond donors (Lipinski definition) is 2. The van der Waals surface area contributed by atoms with Crippen molar-refractivity contribution in [2.24, 2.45) is 0 Å². The molecular formula is C22H31NO5SSi. The van der Waals surface area contributed by atoms with Crippen molar-refractivity contribution < 1.29 is 23.1 Å². The second kappa shape index (κ2) is 9.87. The Bertz CT molecular complexity index is 929. The predicted molar refractivity (Wildman–Crippen MR) is 121 cm³/mol. The van der Waals surface area contributed by atoms with Crippen LogP contribution < -0.4 is 4.72 Å². The first-order chi connectivity index (χ1) is 13.9. The Morgan fingerprint density at radius 1 is 1.07 bits per heavy atom. The molecule has 0 heterocycles. The lowest BCUT2D eigenvalue weighted by Crippen LogP contribution is -2.57. The van der Waals surface area contributed by atoms with Gasteiger partial charge in [0.2, 0.25) is 10.0 Å². The van der Waals surface area contributed by atoms with Crippen molar-refractivity contribution in [3.8, 4) is 0 Å². The molecule has 6 nitrogen and oxygen atoms in total. The number of esters is 1. The van der Waals surface area contributed by atoms with Crippen molar-refractivity contribution in [1.82, 2.24) is 4.72 Å². The largest absolute Gasteiger partial charge is 0.459 e. The van der Waals surface area contributed by atoms with Gasteiger partial charge in [0.05, 0.1) is 5.75 Å². The number of carbonyl (C=O) groups excluding carboxylic acids is 1. The summed E-state index contributed by atoms with van der Waals surface area (Å²) >= 11 is 0. The Balaban J connectivity index is 2.28. The molecule has 0 aliphatic heterocycles. The highest BCUT2D eigenvalue weighted by Crippen LogP contribution is 2.29. The van der Waals surface area contributed by atoms with Crippen LogP contribution in [0.15, 0.2) is 60.7 Å². The number of aliphatic hydroxyl groups excluding tert-OH is 1. The minimum atomic E-state index is -3.83. The molecule has 0 aromatic heterocycles. The van der Waals surface area contributed by atoms with Crippen LogP contribution in [0.4, 0.5) is 0 Å². The van der Waals surface area contributed by atoms with E-state index in [4.69, 9.17) is 4.74 Å². The molecule has 2 aromatic carbocycles. The first-order valence-electron chi connectivity index (χ1n) is 9.89. The third-order valence-electron chi connectivity index (χ3n) is 4.79. The highest BCUT2D eigenvalue weighted by molar-refractivity contribution is 7.89. The van der Waals surface area contributed by atoms with Gasteiger partial charge in [-0.05, 0) is 24.1 Å². The fourth-order valence-electron chi connectivity index (χ4n) is 2.87. The van der Waals surface area contributed by atoms with E-state index in [1.54, 1.807) is 42.5 Å². The van der Waals surface area contributed by atoms with Gasteiger partial charge in [-0.3, -0.25) is 0 Å². The lowest BCUT2D eigenvalue weighted by Gasteiger charge is -2.33. The molecular weight excluding hydrogens is 418 g/mol. The van der Waals surface area contributed by atoms with E-state index >= 15 is 0 Å². The Hall–Kier alpha value is -2.00. The van der Waals surface area contributed by atoms with Crippen molar-refractivity contribution in [1.29, 1.82) is 0 Å². The number of sulfonamides is 1.